The summed E-state index contributed by atoms with van der Waals surface area (Å²) in [5, 5.41) is 0.0972. The van der Waals surface area contributed by atoms with Crippen LogP contribution in [0, 0.1) is 0 Å². The minimum Gasteiger partial charge on any atom is -0.122 e. The molecule has 0 nitrogen and oxygen atoms in total. The van der Waals surface area contributed by atoms with Gasteiger partial charge >= 0.3 is 0 Å². The Hall–Kier alpha value is 0.0600. The fraction of sp³-hybridized carbons (Fsp3) is 0.500. The minimum atomic E-state index is 0.0972. The van der Waals surface area contributed by atoms with Gasteiger partial charge < -0.3 is 0 Å². The van der Waals surface area contributed by atoms with E-state index in [-0.39, 0.29) is 5.38 Å². The number of halogens is 2. The van der Waals surface area contributed by atoms with Crippen molar-refractivity contribution in [3.05, 3.63) is 23.8 Å². The molecular formula is C8H12Cl2. The molecule has 0 rings (SSSR count). The van der Waals surface area contributed by atoms with Crippen LogP contribution in [0.5, 0.6) is 0 Å². The fourth-order valence-electron chi connectivity index (χ4n) is 0.648. The summed E-state index contributed by atoms with van der Waals surface area (Å²) in [6, 6.07) is 0. The lowest BCUT2D eigenvalue weighted by atomic mass is 10.2. The summed E-state index contributed by atoms with van der Waals surface area (Å²) in [6.07, 6.45) is 5.84. The molecule has 0 aromatic rings. The number of alkyl halides is 2. The maximum absolute atomic E-state index is 5.71. The molecule has 0 saturated carbocycles. The molecule has 0 aromatic heterocycles. The van der Waals surface area contributed by atoms with Crippen LogP contribution in [0.3, 0.4) is 0 Å². The zero-order valence-electron chi connectivity index (χ0n) is 6.27. The Kier molecular flexibility index (Phi) is 5.85. The summed E-state index contributed by atoms with van der Waals surface area (Å²) in [7, 11) is 0. The maximum atomic E-state index is 5.71. The molecule has 2 heteroatoms. The van der Waals surface area contributed by atoms with Gasteiger partial charge in [0.15, 0.2) is 0 Å². The standard InChI is InChI=1S/C8H12Cl2/c1-7(4-3-5-9)6-8(2)10/h3-4,6,8H,5H2,1-2H3/b4-3-,7-6-. The van der Waals surface area contributed by atoms with E-state index in [0.717, 1.165) is 5.57 Å². The molecule has 10 heavy (non-hydrogen) atoms. The van der Waals surface area contributed by atoms with Gasteiger partial charge in [0.05, 0.1) is 0 Å². The van der Waals surface area contributed by atoms with Crippen molar-refractivity contribution < 1.29 is 0 Å². The molecule has 0 amide bonds. The van der Waals surface area contributed by atoms with Crippen LogP contribution >= 0.6 is 23.2 Å². The normalized spacial score (nSPS) is 16.2. The molecule has 0 N–H and O–H groups in total. The monoisotopic (exact) mass is 178 g/mol. The molecule has 0 spiro atoms. The van der Waals surface area contributed by atoms with Gasteiger partial charge in [-0.1, -0.05) is 23.8 Å². The molecule has 1 unspecified atom stereocenters. The lowest BCUT2D eigenvalue weighted by molar-refractivity contribution is 1.20. The third-order valence-corrected chi connectivity index (χ3v) is 1.27. The Morgan fingerprint density at radius 2 is 2.20 bits per heavy atom. The highest BCUT2D eigenvalue weighted by atomic mass is 35.5. The molecule has 0 aliphatic heterocycles. The van der Waals surface area contributed by atoms with E-state index in [0.29, 0.717) is 5.88 Å². The first-order valence-corrected chi connectivity index (χ1v) is 4.19. The topological polar surface area (TPSA) is 0 Å². The van der Waals surface area contributed by atoms with E-state index < -0.39 is 0 Å². The first kappa shape index (κ1) is 10.1. The lowest BCUT2D eigenvalue weighted by Crippen LogP contribution is -1.83. The number of hydrogen-bond acceptors (Lipinski definition) is 0. The zero-order chi connectivity index (χ0) is 7.98. The van der Waals surface area contributed by atoms with Crippen molar-refractivity contribution in [1.82, 2.24) is 0 Å². The largest absolute Gasteiger partial charge is 0.122 e. The van der Waals surface area contributed by atoms with Crippen molar-refractivity contribution in [3.8, 4) is 0 Å². The summed E-state index contributed by atoms with van der Waals surface area (Å²) in [4.78, 5) is 0. The van der Waals surface area contributed by atoms with Crippen molar-refractivity contribution in [2.24, 2.45) is 0 Å². The van der Waals surface area contributed by atoms with Gasteiger partial charge in [-0.15, -0.1) is 23.2 Å². The number of rotatable bonds is 3. The maximum Gasteiger partial charge on any atom is 0.0493 e. The van der Waals surface area contributed by atoms with Crippen LogP contribution in [-0.2, 0) is 0 Å². The van der Waals surface area contributed by atoms with Gasteiger partial charge in [-0.25, -0.2) is 0 Å². The quantitative estimate of drug-likeness (QED) is 0.460. The molecular weight excluding hydrogens is 167 g/mol. The highest BCUT2D eigenvalue weighted by Gasteiger charge is 1.87. The predicted molar refractivity (Wildman–Crippen MR) is 48.9 cm³/mol. The average Bonchev–Trinajstić information content (AvgIpc) is 1.82. The van der Waals surface area contributed by atoms with Crippen LogP contribution in [0.4, 0.5) is 0 Å². The number of hydrogen-bond donors (Lipinski definition) is 0. The van der Waals surface area contributed by atoms with Gasteiger partial charge in [0, 0.05) is 11.3 Å². The Balaban J connectivity index is 3.82. The predicted octanol–water partition coefficient (Wildman–Crippen LogP) is 3.36. The Morgan fingerprint density at radius 3 is 2.60 bits per heavy atom. The van der Waals surface area contributed by atoms with Crippen molar-refractivity contribution in [3.63, 3.8) is 0 Å². The van der Waals surface area contributed by atoms with Crippen molar-refractivity contribution in [1.29, 1.82) is 0 Å². The molecule has 0 saturated heterocycles. The van der Waals surface area contributed by atoms with E-state index in [9.17, 15) is 0 Å². The Labute approximate surface area is 72.5 Å². The second kappa shape index (κ2) is 5.82. The van der Waals surface area contributed by atoms with E-state index in [1.807, 2.05) is 32.1 Å². The highest BCUT2D eigenvalue weighted by Crippen LogP contribution is 2.02. The summed E-state index contributed by atoms with van der Waals surface area (Å²) < 4.78 is 0. The summed E-state index contributed by atoms with van der Waals surface area (Å²) in [5.74, 6) is 0.557. The van der Waals surface area contributed by atoms with E-state index in [2.05, 4.69) is 0 Å². The zero-order valence-corrected chi connectivity index (χ0v) is 7.78. The van der Waals surface area contributed by atoms with Crippen molar-refractivity contribution in [2.75, 3.05) is 5.88 Å². The van der Waals surface area contributed by atoms with Crippen LogP contribution in [0.15, 0.2) is 23.8 Å². The van der Waals surface area contributed by atoms with E-state index in [1.165, 1.54) is 0 Å². The average molecular weight is 179 g/mol. The summed E-state index contributed by atoms with van der Waals surface area (Å²) in [6.45, 7) is 3.93. The molecule has 0 aromatic carbocycles. The van der Waals surface area contributed by atoms with E-state index >= 15 is 0 Å². The Morgan fingerprint density at radius 1 is 1.60 bits per heavy atom. The lowest BCUT2D eigenvalue weighted by Gasteiger charge is -1.93. The van der Waals surface area contributed by atoms with Crippen molar-refractivity contribution >= 4 is 23.2 Å². The van der Waals surface area contributed by atoms with Gasteiger partial charge in [-0.3, -0.25) is 0 Å². The molecule has 0 aliphatic carbocycles. The molecule has 0 aliphatic rings. The van der Waals surface area contributed by atoms with E-state index in [1.54, 1.807) is 0 Å². The summed E-state index contributed by atoms with van der Waals surface area (Å²) >= 11 is 11.1. The van der Waals surface area contributed by atoms with Gasteiger partial charge in [0.1, 0.15) is 0 Å². The van der Waals surface area contributed by atoms with Crippen molar-refractivity contribution in [2.45, 2.75) is 19.2 Å². The van der Waals surface area contributed by atoms with Crippen LogP contribution in [0.1, 0.15) is 13.8 Å². The highest BCUT2D eigenvalue weighted by molar-refractivity contribution is 6.21. The molecule has 1 atom stereocenters. The molecule has 0 bridgehead atoms. The third kappa shape index (κ3) is 6.18. The van der Waals surface area contributed by atoms with E-state index in [4.69, 9.17) is 23.2 Å². The van der Waals surface area contributed by atoms with Crippen LogP contribution in [-0.4, -0.2) is 11.3 Å². The van der Waals surface area contributed by atoms with Crippen LogP contribution in [0.2, 0.25) is 0 Å². The van der Waals surface area contributed by atoms with Crippen LogP contribution < -0.4 is 0 Å². The SMILES string of the molecule is CC(/C=C\CCl)=C/C(C)Cl. The van der Waals surface area contributed by atoms with Crippen LogP contribution in [0.25, 0.3) is 0 Å². The molecule has 0 radical (unpaired) electrons. The summed E-state index contributed by atoms with van der Waals surface area (Å²) in [5.41, 5.74) is 1.16. The molecule has 0 fully saturated rings. The number of allylic oxidation sites excluding steroid dienone is 4. The van der Waals surface area contributed by atoms with Gasteiger partial charge in [-0.2, -0.15) is 0 Å². The molecule has 0 heterocycles. The second-order valence-corrected chi connectivity index (χ2v) is 3.14. The minimum absolute atomic E-state index is 0.0972. The van der Waals surface area contributed by atoms with Gasteiger partial charge in [0.25, 0.3) is 0 Å². The second-order valence-electron chi connectivity index (χ2n) is 2.14. The Bertz CT molecular complexity index is 134. The van der Waals surface area contributed by atoms with Gasteiger partial charge in [-0.05, 0) is 13.8 Å². The first-order valence-electron chi connectivity index (χ1n) is 3.22. The molecule has 58 valence electrons. The smallest absolute Gasteiger partial charge is 0.0493 e. The van der Waals surface area contributed by atoms with Gasteiger partial charge in [0.2, 0.25) is 0 Å². The first-order chi connectivity index (χ1) is 4.66. The third-order valence-electron chi connectivity index (χ3n) is 0.962. The fourth-order valence-corrected chi connectivity index (χ4v) is 0.936.